The van der Waals surface area contributed by atoms with Gasteiger partial charge in [0.25, 0.3) is 0 Å². The van der Waals surface area contributed by atoms with Crippen molar-refractivity contribution in [2.24, 2.45) is 0 Å². The number of benzene rings is 1. The molecule has 0 spiro atoms. The van der Waals surface area contributed by atoms with E-state index in [4.69, 9.17) is 4.74 Å². The van der Waals surface area contributed by atoms with Gasteiger partial charge in [-0.05, 0) is 37.1 Å². The van der Waals surface area contributed by atoms with Gasteiger partial charge in [0.2, 0.25) is 0 Å². The standard InChI is InChI=1S/C14H24N2O/c1-10(2)15-6-7-16-13-8-12(4)14(17-5)9-11(13)3/h8-10,15-16H,6-7H2,1-5H3. The van der Waals surface area contributed by atoms with Crippen molar-refractivity contribution in [3.05, 3.63) is 23.3 Å². The highest BCUT2D eigenvalue weighted by atomic mass is 16.5. The van der Waals surface area contributed by atoms with E-state index in [2.05, 4.69) is 50.5 Å². The van der Waals surface area contributed by atoms with Gasteiger partial charge in [-0.3, -0.25) is 0 Å². The summed E-state index contributed by atoms with van der Waals surface area (Å²) < 4.78 is 5.30. The molecule has 0 saturated carbocycles. The summed E-state index contributed by atoms with van der Waals surface area (Å²) in [5.41, 5.74) is 3.57. The summed E-state index contributed by atoms with van der Waals surface area (Å²) in [6.45, 7) is 10.4. The Morgan fingerprint density at radius 3 is 2.41 bits per heavy atom. The van der Waals surface area contributed by atoms with E-state index in [-0.39, 0.29) is 0 Å². The van der Waals surface area contributed by atoms with Gasteiger partial charge < -0.3 is 15.4 Å². The molecule has 0 bridgehead atoms. The van der Waals surface area contributed by atoms with Crippen molar-refractivity contribution in [1.82, 2.24) is 5.32 Å². The molecule has 1 rings (SSSR count). The molecule has 0 aliphatic rings. The van der Waals surface area contributed by atoms with Crippen LogP contribution in [-0.2, 0) is 0 Å². The van der Waals surface area contributed by atoms with Crippen LogP contribution in [0.3, 0.4) is 0 Å². The Labute approximate surface area is 105 Å². The third kappa shape index (κ3) is 4.27. The first-order valence-corrected chi connectivity index (χ1v) is 6.17. The van der Waals surface area contributed by atoms with Gasteiger partial charge in [0, 0.05) is 24.8 Å². The van der Waals surface area contributed by atoms with Crippen LogP contribution in [0.4, 0.5) is 5.69 Å². The van der Waals surface area contributed by atoms with Gasteiger partial charge in [0.1, 0.15) is 5.75 Å². The Morgan fingerprint density at radius 2 is 1.82 bits per heavy atom. The van der Waals surface area contributed by atoms with Crippen LogP contribution in [0.25, 0.3) is 0 Å². The van der Waals surface area contributed by atoms with Crippen LogP contribution in [0.15, 0.2) is 12.1 Å². The van der Waals surface area contributed by atoms with E-state index in [9.17, 15) is 0 Å². The number of methoxy groups -OCH3 is 1. The number of nitrogens with one attached hydrogen (secondary N) is 2. The average Bonchev–Trinajstić information content (AvgIpc) is 2.28. The fraction of sp³-hybridized carbons (Fsp3) is 0.571. The van der Waals surface area contributed by atoms with Crippen molar-refractivity contribution in [2.45, 2.75) is 33.7 Å². The largest absolute Gasteiger partial charge is 0.496 e. The molecule has 0 fully saturated rings. The molecule has 3 heteroatoms. The highest BCUT2D eigenvalue weighted by Gasteiger charge is 2.04. The average molecular weight is 236 g/mol. The van der Waals surface area contributed by atoms with Crippen LogP contribution >= 0.6 is 0 Å². The normalized spacial score (nSPS) is 10.7. The predicted molar refractivity (Wildman–Crippen MR) is 74.1 cm³/mol. The Balaban J connectivity index is 2.56. The molecule has 0 atom stereocenters. The van der Waals surface area contributed by atoms with Crippen molar-refractivity contribution in [3.8, 4) is 5.75 Å². The maximum absolute atomic E-state index is 5.30. The van der Waals surface area contributed by atoms with Crippen LogP contribution in [-0.4, -0.2) is 26.2 Å². The summed E-state index contributed by atoms with van der Waals surface area (Å²) in [6, 6.07) is 4.76. The highest BCUT2D eigenvalue weighted by molar-refractivity contribution is 5.56. The van der Waals surface area contributed by atoms with Gasteiger partial charge in [0.05, 0.1) is 7.11 Å². The zero-order chi connectivity index (χ0) is 12.8. The summed E-state index contributed by atoms with van der Waals surface area (Å²) >= 11 is 0. The molecule has 1 aromatic carbocycles. The third-order valence-electron chi connectivity index (χ3n) is 2.73. The smallest absolute Gasteiger partial charge is 0.122 e. The molecule has 0 aliphatic heterocycles. The van der Waals surface area contributed by atoms with Crippen LogP contribution in [0.5, 0.6) is 5.75 Å². The lowest BCUT2D eigenvalue weighted by Crippen LogP contribution is -2.28. The molecule has 0 unspecified atom stereocenters. The highest BCUT2D eigenvalue weighted by Crippen LogP contribution is 2.25. The molecule has 1 aromatic rings. The number of aryl methyl sites for hydroxylation is 2. The van der Waals surface area contributed by atoms with Crippen molar-refractivity contribution in [3.63, 3.8) is 0 Å². The van der Waals surface area contributed by atoms with E-state index in [1.54, 1.807) is 7.11 Å². The quantitative estimate of drug-likeness (QED) is 0.745. The van der Waals surface area contributed by atoms with Crippen LogP contribution in [0.2, 0.25) is 0 Å². The second kappa shape index (κ2) is 6.50. The molecule has 0 amide bonds. The minimum absolute atomic E-state index is 0.538. The number of rotatable bonds is 6. The van der Waals surface area contributed by atoms with Gasteiger partial charge in [0.15, 0.2) is 0 Å². The second-order valence-electron chi connectivity index (χ2n) is 4.67. The van der Waals surface area contributed by atoms with Crippen molar-refractivity contribution in [2.75, 3.05) is 25.5 Å². The molecular formula is C14H24N2O. The Bertz CT molecular complexity index is 361. The van der Waals surface area contributed by atoms with Crippen LogP contribution < -0.4 is 15.4 Å². The van der Waals surface area contributed by atoms with E-state index < -0.39 is 0 Å². The van der Waals surface area contributed by atoms with Gasteiger partial charge >= 0.3 is 0 Å². The summed E-state index contributed by atoms with van der Waals surface area (Å²) in [5, 5.41) is 6.83. The molecule has 96 valence electrons. The Kier molecular flexibility index (Phi) is 5.29. The number of ether oxygens (including phenoxy) is 1. The molecule has 0 aromatic heterocycles. The zero-order valence-electron chi connectivity index (χ0n) is 11.6. The SMILES string of the molecule is COc1cc(C)c(NCCNC(C)C)cc1C. The molecule has 2 N–H and O–H groups in total. The summed E-state index contributed by atoms with van der Waals surface area (Å²) in [7, 11) is 1.71. The molecule has 0 saturated heterocycles. The van der Waals surface area contributed by atoms with E-state index in [1.165, 1.54) is 11.3 Å². The molecule has 17 heavy (non-hydrogen) atoms. The first kappa shape index (κ1) is 13.8. The third-order valence-corrected chi connectivity index (χ3v) is 2.73. The fourth-order valence-electron chi connectivity index (χ4n) is 1.76. The molecule has 3 nitrogen and oxygen atoms in total. The van der Waals surface area contributed by atoms with E-state index in [0.29, 0.717) is 6.04 Å². The zero-order valence-corrected chi connectivity index (χ0v) is 11.6. The lowest BCUT2D eigenvalue weighted by Gasteiger charge is -2.14. The molecule has 0 heterocycles. The van der Waals surface area contributed by atoms with Crippen LogP contribution in [0.1, 0.15) is 25.0 Å². The predicted octanol–water partition coefficient (Wildman–Crippen LogP) is 2.72. The van der Waals surface area contributed by atoms with E-state index in [1.807, 2.05) is 0 Å². The van der Waals surface area contributed by atoms with E-state index in [0.717, 1.165) is 24.4 Å². The minimum atomic E-state index is 0.538. The van der Waals surface area contributed by atoms with Crippen LogP contribution in [0, 0.1) is 13.8 Å². The molecular weight excluding hydrogens is 212 g/mol. The van der Waals surface area contributed by atoms with Gasteiger partial charge in [-0.25, -0.2) is 0 Å². The van der Waals surface area contributed by atoms with Gasteiger partial charge in [-0.15, -0.1) is 0 Å². The topological polar surface area (TPSA) is 33.3 Å². The first-order valence-electron chi connectivity index (χ1n) is 6.17. The minimum Gasteiger partial charge on any atom is -0.496 e. The number of hydrogen-bond donors (Lipinski definition) is 2. The summed E-state index contributed by atoms with van der Waals surface area (Å²) in [5.74, 6) is 0.952. The molecule has 0 aliphatic carbocycles. The van der Waals surface area contributed by atoms with Gasteiger partial charge in [-0.1, -0.05) is 13.8 Å². The molecule has 0 radical (unpaired) electrons. The lowest BCUT2D eigenvalue weighted by atomic mass is 10.1. The van der Waals surface area contributed by atoms with E-state index >= 15 is 0 Å². The van der Waals surface area contributed by atoms with Crippen molar-refractivity contribution < 1.29 is 4.74 Å². The second-order valence-corrected chi connectivity index (χ2v) is 4.67. The van der Waals surface area contributed by atoms with Crippen molar-refractivity contribution >= 4 is 5.69 Å². The summed E-state index contributed by atoms with van der Waals surface area (Å²) in [6.07, 6.45) is 0. The lowest BCUT2D eigenvalue weighted by molar-refractivity contribution is 0.411. The number of anilines is 1. The first-order chi connectivity index (χ1) is 8.04. The fourth-order valence-corrected chi connectivity index (χ4v) is 1.76. The number of hydrogen-bond acceptors (Lipinski definition) is 3. The van der Waals surface area contributed by atoms with Gasteiger partial charge in [-0.2, -0.15) is 0 Å². The Hall–Kier alpha value is -1.22. The Morgan fingerprint density at radius 1 is 1.12 bits per heavy atom. The maximum Gasteiger partial charge on any atom is 0.122 e. The van der Waals surface area contributed by atoms with Crippen molar-refractivity contribution in [1.29, 1.82) is 0 Å². The monoisotopic (exact) mass is 236 g/mol. The summed E-state index contributed by atoms with van der Waals surface area (Å²) in [4.78, 5) is 0. The maximum atomic E-state index is 5.30.